The van der Waals surface area contributed by atoms with E-state index in [4.69, 9.17) is 4.74 Å². The van der Waals surface area contributed by atoms with Crippen molar-refractivity contribution in [2.45, 2.75) is 25.4 Å². The number of piperidine rings is 1. The van der Waals surface area contributed by atoms with Crippen molar-refractivity contribution in [3.05, 3.63) is 59.9 Å². The maximum atomic E-state index is 13.0. The SMILES string of the molecule is O=C1OC(CN2CCC(Cc3ccc(F)cc3)CC2)CN1c1ccc(O)cc1. The van der Waals surface area contributed by atoms with Crippen molar-refractivity contribution in [1.82, 2.24) is 4.90 Å². The number of carbonyl (C=O) groups excluding carboxylic acids is 1. The summed E-state index contributed by atoms with van der Waals surface area (Å²) in [5.41, 5.74) is 1.93. The smallest absolute Gasteiger partial charge is 0.414 e. The fourth-order valence-electron chi connectivity index (χ4n) is 4.07. The van der Waals surface area contributed by atoms with Crippen LogP contribution in [0.4, 0.5) is 14.9 Å². The van der Waals surface area contributed by atoms with E-state index in [0.717, 1.165) is 44.6 Å². The predicted molar refractivity (Wildman–Crippen MR) is 105 cm³/mol. The van der Waals surface area contributed by atoms with E-state index >= 15 is 0 Å². The Balaban J connectivity index is 1.25. The summed E-state index contributed by atoms with van der Waals surface area (Å²) >= 11 is 0. The number of nitrogens with zero attached hydrogens (tertiary/aromatic N) is 2. The summed E-state index contributed by atoms with van der Waals surface area (Å²) in [6.45, 7) is 3.24. The lowest BCUT2D eigenvalue weighted by molar-refractivity contribution is 0.0914. The molecule has 0 aromatic heterocycles. The lowest BCUT2D eigenvalue weighted by atomic mass is 9.90. The van der Waals surface area contributed by atoms with E-state index in [0.29, 0.717) is 12.5 Å². The lowest BCUT2D eigenvalue weighted by Gasteiger charge is -2.33. The van der Waals surface area contributed by atoms with E-state index in [-0.39, 0.29) is 23.8 Å². The van der Waals surface area contributed by atoms with Crippen LogP contribution in [0.1, 0.15) is 18.4 Å². The number of cyclic esters (lactones) is 1. The second-order valence-electron chi connectivity index (χ2n) is 7.71. The number of ether oxygens (including phenoxy) is 1. The van der Waals surface area contributed by atoms with Crippen LogP contribution in [0.5, 0.6) is 5.75 Å². The van der Waals surface area contributed by atoms with Crippen molar-refractivity contribution in [2.75, 3.05) is 31.1 Å². The molecule has 0 aliphatic carbocycles. The molecule has 0 saturated carbocycles. The van der Waals surface area contributed by atoms with Crippen LogP contribution in [0, 0.1) is 11.7 Å². The number of benzene rings is 2. The molecule has 2 fully saturated rings. The van der Waals surface area contributed by atoms with Gasteiger partial charge < -0.3 is 9.84 Å². The molecule has 1 atom stereocenters. The number of anilines is 1. The van der Waals surface area contributed by atoms with Gasteiger partial charge in [-0.2, -0.15) is 0 Å². The highest BCUT2D eigenvalue weighted by atomic mass is 19.1. The molecule has 2 saturated heterocycles. The molecule has 1 unspecified atom stereocenters. The minimum atomic E-state index is -0.332. The minimum absolute atomic E-state index is 0.144. The molecule has 2 aromatic carbocycles. The summed E-state index contributed by atoms with van der Waals surface area (Å²) in [6, 6.07) is 13.4. The van der Waals surface area contributed by atoms with Gasteiger partial charge in [-0.1, -0.05) is 12.1 Å². The normalized spacial score (nSPS) is 21.1. The number of rotatable bonds is 5. The van der Waals surface area contributed by atoms with Gasteiger partial charge in [-0.05, 0) is 80.2 Å². The van der Waals surface area contributed by atoms with Crippen molar-refractivity contribution >= 4 is 11.8 Å². The van der Waals surface area contributed by atoms with Crippen molar-refractivity contribution in [1.29, 1.82) is 0 Å². The van der Waals surface area contributed by atoms with E-state index in [1.54, 1.807) is 29.2 Å². The van der Waals surface area contributed by atoms with Gasteiger partial charge in [-0.25, -0.2) is 9.18 Å². The Morgan fingerprint density at radius 2 is 1.71 bits per heavy atom. The highest BCUT2D eigenvalue weighted by Crippen LogP contribution is 2.26. The van der Waals surface area contributed by atoms with Gasteiger partial charge in [-0.3, -0.25) is 9.80 Å². The first-order valence-electron chi connectivity index (χ1n) is 9.81. The average molecular weight is 384 g/mol. The summed E-state index contributed by atoms with van der Waals surface area (Å²) in [5, 5.41) is 9.40. The summed E-state index contributed by atoms with van der Waals surface area (Å²) in [7, 11) is 0. The highest BCUT2D eigenvalue weighted by Gasteiger charge is 2.34. The minimum Gasteiger partial charge on any atom is -0.508 e. The maximum absolute atomic E-state index is 13.0. The van der Waals surface area contributed by atoms with Crippen molar-refractivity contribution in [2.24, 2.45) is 5.92 Å². The Morgan fingerprint density at radius 3 is 2.39 bits per heavy atom. The maximum Gasteiger partial charge on any atom is 0.414 e. The number of amides is 1. The highest BCUT2D eigenvalue weighted by molar-refractivity contribution is 5.89. The third-order valence-corrected chi connectivity index (χ3v) is 5.64. The van der Waals surface area contributed by atoms with E-state index in [9.17, 15) is 14.3 Å². The third kappa shape index (κ3) is 4.44. The van der Waals surface area contributed by atoms with Gasteiger partial charge in [-0.15, -0.1) is 0 Å². The first kappa shape index (κ1) is 18.7. The molecular weight excluding hydrogens is 359 g/mol. The standard InChI is InChI=1S/C22H25FN2O3/c23-18-3-1-16(2-4-18)13-17-9-11-24(12-10-17)14-21-15-25(22(27)28-21)19-5-7-20(26)8-6-19/h1-8,17,21,26H,9-15H2. The second-order valence-corrected chi connectivity index (χ2v) is 7.71. The zero-order valence-electron chi connectivity index (χ0n) is 15.8. The molecule has 0 radical (unpaired) electrons. The van der Waals surface area contributed by atoms with Crippen molar-refractivity contribution < 1.29 is 19.0 Å². The summed E-state index contributed by atoms with van der Waals surface area (Å²) in [6.07, 6.45) is 2.71. The second kappa shape index (κ2) is 8.19. The molecule has 1 N–H and O–H groups in total. The molecule has 2 heterocycles. The first-order chi connectivity index (χ1) is 13.6. The Bertz CT molecular complexity index is 802. The number of hydrogen-bond donors (Lipinski definition) is 1. The molecule has 0 bridgehead atoms. The zero-order chi connectivity index (χ0) is 19.5. The lowest BCUT2D eigenvalue weighted by Crippen LogP contribution is -2.40. The molecule has 6 heteroatoms. The molecule has 5 nitrogen and oxygen atoms in total. The van der Waals surface area contributed by atoms with E-state index < -0.39 is 0 Å². The molecule has 2 aliphatic heterocycles. The van der Waals surface area contributed by atoms with Crippen LogP contribution in [0.25, 0.3) is 0 Å². The van der Waals surface area contributed by atoms with Gasteiger partial charge in [0.2, 0.25) is 0 Å². The number of hydrogen-bond acceptors (Lipinski definition) is 4. The molecule has 148 valence electrons. The summed E-state index contributed by atoms with van der Waals surface area (Å²) < 4.78 is 18.6. The molecule has 4 rings (SSSR count). The fraction of sp³-hybridized carbons (Fsp3) is 0.409. The monoisotopic (exact) mass is 384 g/mol. The van der Waals surface area contributed by atoms with Gasteiger partial charge in [0.05, 0.1) is 6.54 Å². The number of halogens is 1. The predicted octanol–water partition coefficient (Wildman–Crippen LogP) is 3.81. The van der Waals surface area contributed by atoms with Crippen LogP contribution >= 0.6 is 0 Å². The van der Waals surface area contributed by atoms with Crippen LogP contribution in [-0.4, -0.2) is 48.4 Å². The van der Waals surface area contributed by atoms with Crippen LogP contribution in [0.2, 0.25) is 0 Å². The van der Waals surface area contributed by atoms with Gasteiger partial charge in [0, 0.05) is 12.2 Å². The average Bonchev–Trinajstić information content (AvgIpc) is 3.06. The van der Waals surface area contributed by atoms with Gasteiger partial charge >= 0.3 is 6.09 Å². The Kier molecular flexibility index (Phi) is 5.48. The van der Waals surface area contributed by atoms with E-state index in [1.807, 2.05) is 12.1 Å². The number of aromatic hydroxyl groups is 1. The molecule has 1 amide bonds. The number of phenols is 1. The molecule has 28 heavy (non-hydrogen) atoms. The van der Waals surface area contributed by atoms with Crippen LogP contribution in [0.15, 0.2) is 48.5 Å². The molecule has 0 spiro atoms. The number of likely N-dealkylation sites (tertiary alicyclic amines) is 1. The number of carbonyl (C=O) groups is 1. The van der Waals surface area contributed by atoms with Gasteiger partial charge in [0.15, 0.2) is 0 Å². The third-order valence-electron chi connectivity index (χ3n) is 5.64. The number of phenolic OH excluding ortho intramolecular Hbond substituents is 1. The molecule has 2 aromatic rings. The first-order valence-corrected chi connectivity index (χ1v) is 9.81. The zero-order valence-corrected chi connectivity index (χ0v) is 15.8. The molecule has 2 aliphatic rings. The van der Waals surface area contributed by atoms with Crippen LogP contribution in [-0.2, 0) is 11.2 Å². The van der Waals surface area contributed by atoms with Gasteiger partial charge in [0.25, 0.3) is 0 Å². The fourth-order valence-corrected chi connectivity index (χ4v) is 4.07. The summed E-state index contributed by atoms with van der Waals surface area (Å²) in [4.78, 5) is 16.2. The Labute approximate surface area is 164 Å². The Morgan fingerprint density at radius 1 is 1.04 bits per heavy atom. The largest absolute Gasteiger partial charge is 0.508 e. The van der Waals surface area contributed by atoms with E-state index in [2.05, 4.69) is 4.90 Å². The van der Waals surface area contributed by atoms with Gasteiger partial charge in [0.1, 0.15) is 17.7 Å². The summed E-state index contributed by atoms with van der Waals surface area (Å²) in [5.74, 6) is 0.601. The molecular formula is C22H25FN2O3. The van der Waals surface area contributed by atoms with Crippen LogP contribution in [0.3, 0.4) is 0 Å². The van der Waals surface area contributed by atoms with E-state index in [1.165, 1.54) is 17.7 Å². The van der Waals surface area contributed by atoms with Crippen molar-refractivity contribution in [3.8, 4) is 5.75 Å². The topological polar surface area (TPSA) is 53.0 Å². The quantitative estimate of drug-likeness (QED) is 0.852. The Hall–Kier alpha value is -2.60. The van der Waals surface area contributed by atoms with Crippen molar-refractivity contribution in [3.63, 3.8) is 0 Å². The van der Waals surface area contributed by atoms with Crippen LogP contribution < -0.4 is 4.90 Å².